The smallest absolute Gasteiger partial charge is 0.328 e. The first-order valence-corrected chi connectivity index (χ1v) is 11.0. The third kappa shape index (κ3) is 9.73. The summed E-state index contributed by atoms with van der Waals surface area (Å²) < 4.78 is 0. The van der Waals surface area contributed by atoms with Crippen LogP contribution in [0.15, 0.2) is 24.3 Å². The van der Waals surface area contributed by atoms with Gasteiger partial charge in [-0.1, -0.05) is 12.1 Å². The van der Waals surface area contributed by atoms with E-state index in [0.29, 0.717) is 19.4 Å². The molecule has 3 amide bonds. The molecular formula is C22H35N5O7. The Morgan fingerprint density at radius 3 is 2.09 bits per heavy atom. The van der Waals surface area contributed by atoms with Gasteiger partial charge < -0.3 is 42.7 Å². The second kappa shape index (κ2) is 14.1. The molecule has 1 aromatic carbocycles. The fourth-order valence-corrected chi connectivity index (χ4v) is 3.07. The number of hydrogen-bond acceptors (Lipinski definition) is 8. The van der Waals surface area contributed by atoms with E-state index in [0.717, 1.165) is 5.56 Å². The SMILES string of the molecule is CC(NC(=O)C(CCCCN)NC(=O)C(N)Cc1ccc(O)cc1)C(=O)NC(C(=O)O)C(C)O. The Labute approximate surface area is 198 Å². The quantitative estimate of drug-likeness (QED) is 0.142. The number of aliphatic hydroxyl groups excluding tert-OH is 1. The first-order valence-electron chi connectivity index (χ1n) is 11.0. The largest absolute Gasteiger partial charge is 0.508 e. The minimum absolute atomic E-state index is 0.0830. The van der Waals surface area contributed by atoms with Crippen LogP contribution in [0.5, 0.6) is 5.75 Å². The number of nitrogens with two attached hydrogens (primary N) is 2. The van der Waals surface area contributed by atoms with Gasteiger partial charge in [0, 0.05) is 0 Å². The van der Waals surface area contributed by atoms with Crippen LogP contribution in [0.2, 0.25) is 0 Å². The molecule has 190 valence electrons. The van der Waals surface area contributed by atoms with Crippen LogP contribution >= 0.6 is 0 Å². The maximum absolute atomic E-state index is 12.8. The van der Waals surface area contributed by atoms with Crippen molar-refractivity contribution in [2.75, 3.05) is 6.54 Å². The molecule has 0 aliphatic rings. The standard InChI is InChI=1S/C22H35N5O7/c1-12(19(30)27-18(13(2)28)22(33)34)25-21(32)17(5-3-4-10-23)26-20(31)16(24)11-14-6-8-15(29)9-7-14/h6-9,12-13,16-18,28-29H,3-5,10-11,23-24H2,1-2H3,(H,25,32)(H,26,31)(H,27,30)(H,33,34). The van der Waals surface area contributed by atoms with Crippen LogP contribution in [0.3, 0.4) is 0 Å². The second-order valence-electron chi connectivity index (χ2n) is 8.12. The Kier molecular flexibility index (Phi) is 12.0. The highest BCUT2D eigenvalue weighted by atomic mass is 16.4. The summed E-state index contributed by atoms with van der Waals surface area (Å²) >= 11 is 0. The molecule has 0 aliphatic heterocycles. The van der Waals surface area contributed by atoms with Crippen molar-refractivity contribution < 1.29 is 34.5 Å². The van der Waals surface area contributed by atoms with Crippen LogP contribution in [0.25, 0.3) is 0 Å². The number of carboxylic acid groups (broad SMARTS) is 1. The van der Waals surface area contributed by atoms with Gasteiger partial charge >= 0.3 is 5.97 Å². The van der Waals surface area contributed by atoms with Crippen molar-refractivity contribution in [3.63, 3.8) is 0 Å². The topological polar surface area (TPSA) is 217 Å². The highest BCUT2D eigenvalue weighted by molar-refractivity contribution is 5.94. The number of amides is 3. The minimum Gasteiger partial charge on any atom is -0.508 e. The van der Waals surface area contributed by atoms with Crippen molar-refractivity contribution in [2.24, 2.45) is 11.5 Å². The lowest BCUT2D eigenvalue weighted by molar-refractivity contribution is -0.145. The summed E-state index contributed by atoms with van der Waals surface area (Å²) in [5, 5.41) is 35.2. The number of phenolic OH excluding ortho intramolecular Hbond substituents is 1. The number of benzene rings is 1. The molecule has 0 fully saturated rings. The predicted octanol–water partition coefficient (Wildman–Crippen LogP) is -1.67. The van der Waals surface area contributed by atoms with Gasteiger partial charge in [-0.05, 0) is 63.8 Å². The third-order valence-corrected chi connectivity index (χ3v) is 5.11. The van der Waals surface area contributed by atoms with Gasteiger partial charge in [0.2, 0.25) is 17.7 Å². The molecule has 0 aromatic heterocycles. The van der Waals surface area contributed by atoms with Crippen LogP contribution in [0, 0.1) is 0 Å². The first-order chi connectivity index (χ1) is 16.0. The Morgan fingerprint density at radius 2 is 1.56 bits per heavy atom. The summed E-state index contributed by atoms with van der Waals surface area (Å²) in [7, 11) is 0. The number of aromatic hydroxyl groups is 1. The van der Waals surface area contributed by atoms with Crippen molar-refractivity contribution in [2.45, 2.75) is 69.8 Å². The molecule has 1 aromatic rings. The van der Waals surface area contributed by atoms with Gasteiger partial charge in [-0.25, -0.2) is 4.79 Å². The lowest BCUT2D eigenvalue weighted by Gasteiger charge is -2.24. The normalized spacial score (nSPS) is 15.3. The Balaban J connectivity index is 2.79. The Bertz CT molecular complexity index is 831. The molecule has 0 bridgehead atoms. The Hall–Kier alpha value is -3.22. The van der Waals surface area contributed by atoms with Crippen LogP contribution in [-0.2, 0) is 25.6 Å². The van der Waals surface area contributed by atoms with Crippen molar-refractivity contribution in [3.05, 3.63) is 29.8 Å². The van der Waals surface area contributed by atoms with Gasteiger partial charge in [-0.2, -0.15) is 0 Å². The molecule has 0 radical (unpaired) electrons. The molecule has 5 unspecified atom stereocenters. The van der Waals surface area contributed by atoms with Crippen molar-refractivity contribution in [1.82, 2.24) is 16.0 Å². The second-order valence-corrected chi connectivity index (χ2v) is 8.12. The summed E-state index contributed by atoms with van der Waals surface area (Å²) in [4.78, 5) is 48.9. The molecule has 0 saturated carbocycles. The van der Waals surface area contributed by atoms with E-state index in [2.05, 4.69) is 16.0 Å². The predicted molar refractivity (Wildman–Crippen MR) is 123 cm³/mol. The average Bonchev–Trinajstić information content (AvgIpc) is 2.77. The van der Waals surface area contributed by atoms with Crippen LogP contribution < -0.4 is 27.4 Å². The number of carboxylic acids is 1. The maximum atomic E-state index is 12.8. The lowest BCUT2D eigenvalue weighted by atomic mass is 10.0. The molecular weight excluding hydrogens is 446 g/mol. The fraction of sp³-hybridized carbons (Fsp3) is 0.545. The molecule has 0 spiro atoms. The number of hydrogen-bond donors (Lipinski definition) is 8. The monoisotopic (exact) mass is 481 g/mol. The van der Waals surface area contributed by atoms with Gasteiger partial charge in [0.1, 0.15) is 17.8 Å². The summed E-state index contributed by atoms with van der Waals surface area (Å²) in [5.41, 5.74) is 12.2. The molecule has 5 atom stereocenters. The van der Waals surface area contributed by atoms with E-state index in [1.165, 1.54) is 26.0 Å². The van der Waals surface area contributed by atoms with E-state index in [-0.39, 0.29) is 18.6 Å². The van der Waals surface area contributed by atoms with E-state index in [1.807, 2.05) is 0 Å². The molecule has 0 aliphatic carbocycles. The maximum Gasteiger partial charge on any atom is 0.328 e. The number of carbonyl (C=O) groups is 4. The van der Waals surface area contributed by atoms with E-state index >= 15 is 0 Å². The zero-order chi connectivity index (χ0) is 25.8. The van der Waals surface area contributed by atoms with E-state index in [1.54, 1.807) is 12.1 Å². The summed E-state index contributed by atoms with van der Waals surface area (Å²) in [6.45, 7) is 2.97. The van der Waals surface area contributed by atoms with Crippen molar-refractivity contribution in [3.8, 4) is 5.75 Å². The molecule has 0 saturated heterocycles. The van der Waals surface area contributed by atoms with E-state index < -0.39 is 54.0 Å². The summed E-state index contributed by atoms with van der Waals surface area (Å²) in [6, 6.07) is 1.59. The number of nitrogens with one attached hydrogen (secondary N) is 3. The Morgan fingerprint density at radius 1 is 0.941 bits per heavy atom. The zero-order valence-electron chi connectivity index (χ0n) is 19.4. The van der Waals surface area contributed by atoms with Crippen LogP contribution in [0.1, 0.15) is 38.7 Å². The zero-order valence-corrected chi connectivity index (χ0v) is 19.4. The fourth-order valence-electron chi connectivity index (χ4n) is 3.07. The molecule has 12 heteroatoms. The van der Waals surface area contributed by atoms with Gasteiger partial charge in [-0.15, -0.1) is 0 Å². The number of aliphatic carboxylic acids is 1. The van der Waals surface area contributed by atoms with E-state index in [4.69, 9.17) is 16.6 Å². The minimum atomic E-state index is -1.54. The molecule has 0 heterocycles. The van der Waals surface area contributed by atoms with Gasteiger partial charge in [-0.3, -0.25) is 14.4 Å². The van der Waals surface area contributed by atoms with Gasteiger partial charge in [0.25, 0.3) is 0 Å². The molecule has 10 N–H and O–H groups in total. The van der Waals surface area contributed by atoms with E-state index in [9.17, 15) is 29.4 Å². The molecule has 1 rings (SSSR count). The number of aliphatic hydroxyl groups is 1. The lowest BCUT2D eigenvalue weighted by Crippen LogP contribution is -2.57. The average molecular weight is 482 g/mol. The third-order valence-electron chi connectivity index (χ3n) is 5.11. The molecule has 12 nitrogen and oxygen atoms in total. The number of rotatable bonds is 14. The van der Waals surface area contributed by atoms with Crippen molar-refractivity contribution in [1.29, 1.82) is 0 Å². The van der Waals surface area contributed by atoms with Gasteiger partial charge in [0.15, 0.2) is 6.04 Å². The van der Waals surface area contributed by atoms with Crippen LogP contribution in [-0.4, -0.2) is 75.8 Å². The number of carbonyl (C=O) groups excluding carboxylic acids is 3. The van der Waals surface area contributed by atoms with Gasteiger partial charge in [0.05, 0.1) is 12.1 Å². The summed E-state index contributed by atoms with van der Waals surface area (Å²) in [6.07, 6.45) is 0.233. The highest BCUT2D eigenvalue weighted by Crippen LogP contribution is 2.11. The number of unbranched alkanes of at least 4 members (excludes halogenated alkanes) is 1. The first kappa shape index (κ1) is 28.8. The number of phenols is 1. The highest BCUT2D eigenvalue weighted by Gasteiger charge is 2.30. The van der Waals surface area contributed by atoms with Crippen LogP contribution in [0.4, 0.5) is 0 Å². The summed E-state index contributed by atoms with van der Waals surface area (Å²) in [5.74, 6) is -3.36. The van der Waals surface area contributed by atoms with Crippen molar-refractivity contribution >= 4 is 23.7 Å². The molecule has 34 heavy (non-hydrogen) atoms.